The Labute approximate surface area is 120 Å². The zero-order valence-electron chi connectivity index (χ0n) is 11.7. The van der Waals surface area contributed by atoms with Crippen molar-refractivity contribution in [2.75, 3.05) is 13.6 Å². The first-order chi connectivity index (χ1) is 9.28. The molecule has 0 saturated heterocycles. The van der Waals surface area contributed by atoms with Gasteiger partial charge in [-0.1, -0.05) is 37.3 Å². The van der Waals surface area contributed by atoms with Gasteiger partial charge in [0.05, 0.1) is 0 Å². The maximum absolute atomic E-state index is 3.37. The summed E-state index contributed by atoms with van der Waals surface area (Å²) in [5, 5.41) is 3.37. The maximum atomic E-state index is 3.37. The predicted molar refractivity (Wildman–Crippen MR) is 83.3 cm³/mol. The molecule has 0 aliphatic carbocycles. The van der Waals surface area contributed by atoms with E-state index in [2.05, 4.69) is 66.7 Å². The zero-order chi connectivity index (χ0) is 13.5. The molecule has 0 amide bonds. The van der Waals surface area contributed by atoms with Crippen LogP contribution in [0.5, 0.6) is 0 Å². The molecule has 0 unspecified atom stereocenters. The van der Waals surface area contributed by atoms with Gasteiger partial charge in [0.1, 0.15) is 0 Å². The Balaban J connectivity index is 1.85. The molecule has 3 heteroatoms. The summed E-state index contributed by atoms with van der Waals surface area (Å²) in [6.45, 7) is 6.18. The van der Waals surface area contributed by atoms with Crippen molar-refractivity contribution in [3.05, 3.63) is 57.8 Å². The van der Waals surface area contributed by atoms with E-state index in [0.29, 0.717) is 0 Å². The van der Waals surface area contributed by atoms with Crippen molar-refractivity contribution in [1.29, 1.82) is 0 Å². The van der Waals surface area contributed by atoms with E-state index in [1.807, 2.05) is 11.3 Å². The second-order valence-electron chi connectivity index (χ2n) is 4.81. The van der Waals surface area contributed by atoms with E-state index >= 15 is 0 Å². The van der Waals surface area contributed by atoms with E-state index in [-0.39, 0.29) is 0 Å². The highest BCUT2D eigenvalue weighted by Crippen LogP contribution is 2.18. The van der Waals surface area contributed by atoms with Crippen LogP contribution in [-0.4, -0.2) is 18.5 Å². The van der Waals surface area contributed by atoms with E-state index in [4.69, 9.17) is 0 Å². The van der Waals surface area contributed by atoms with E-state index < -0.39 is 0 Å². The third-order valence-corrected chi connectivity index (χ3v) is 4.06. The van der Waals surface area contributed by atoms with Gasteiger partial charge in [-0.05, 0) is 31.3 Å². The van der Waals surface area contributed by atoms with Gasteiger partial charge in [-0.25, -0.2) is 0 Å². The normalized spacial score (nSPS) is 11.1. The lowest BCUT2D eigenvalue weighted by Crippen LogP contribution is -2.16. The molecular weight excluding hydrogens is 252 g/mol. The molecule has 2 rings (SSSR count). The highest BCUT2D eigenvalue weighted by molar-refractivity contribution is 7.11. The van der Waals surface area contributed by atoms with Gasteiger partial charge in [-0.3, -0.25) is 4.90 Å². The minimum absolute atomic E-state index is 0.990. The minimum atomic E-state index is 0.990. The Morgan fingerprint density at radius 1 is 1.00 bits per heavy atom. The van der Waals surface area contributed by atoms with Gasteiger partial charge < -0.3 is 5.32 Å². The summed E-state index contributed by atoms with van der Waals surface area (Å²) in [5.41, 5.74) is 1.37. The van der Waals surface area contributed by atoms with Crippen molar-refractivity contribution < 1.29 is 0 Å². The van der Waals surface area contributed by atoms with Crippen molar-refractivity contribution in [3.63, 3.8) is 0 Å². The number of nitrogens with one attached hydrogen (secondary N) is 1. The molecule has 19 heavy (non-hydrogen) atoms. The first-order valence-corrected chi connectivity index (χ1v) is 7.60. The molecule has 0 spiro atoms. The number of hydrogen-bond donors (Lipinski definition) is 1. The second-order valence-corrected chi connectivity index (χ2v) is 6.06. The summed E-state index contributed by atoms with van der Waals surface area (Å²) in [7, 11) is 2.18. The van der Waals surface area contributed by atoms with E-state index in [9.17, 15) is 0 Å². The average molecular weight is 274 g/mol. The number of thiophene rings is 1. The van der Waals surface area contributed by atoms with Crippen LogP contribution in [-0.2, 0) is 19.6 Å². The lowest BCUT2D eigenvalue weighted by Gasteiger charge is -2.15. The van der Waals surface area contributed by atoms with Crippen LogP contribution in [0.3, 0.4) is 0 Å². The molecule has 0 aliphatic heterocycles. The van der Waals surface area contributed by atoms with Crippen molar-refractivity contribution in [1.82, 2.24) is 10.2 Å². The van der Waals surface area contributed by atoms with Crippen molar-refractivity contribution >= 4 is 11.3 Å². The highest BCUT2D eigenvalue weighted by Gasteiger charge is 2.04. The minimum Gasteiger partial charge on any atom is -0.312 e. The molecule has 1 aromatic heterocycles. The van der Waals surface area contributed by atoms with Crippen LogP contribution < -0.4 is 5.32 Å². The molecule has 0 atom stereocenters. The molecule has 2 aromatic rings. The molecule has 0 radical (unpaired) electrons. The topological polar surface area (TPSA) is 15.3 Å². The second kappa shape index (κ2) is 7.43. The van der Waals surface area contributed by atoms with Crippen molar-refractivity contribution in [2.45, 2.75) is 26.6 Å². The molecule has 0 bridgehead atoms. The summed E-state index contributed by atoms with van der Waals surface area (Å²) in [6, 6.07) is 15.1. The van der Waals surface area contributed by atoms with Gasteiger partial charge in [0.25, 0.3) is 0 Å². The van der Waals surface area contributed by atoms with Gasteiger partial charge in [0.15, 0.2) is 0 Å². The molecular formula is C16H22N2S. The Kier molecular flexibility index (Phi) is 5.58. The van der Waals surface area contributed by atoms with Crippen LogP contribution in [0.15, 0.2) is 42.5 Å². The van der Waals surface area contributed by atoms with Gasteiger partial charge in [0.2, 0.25) is 0 Å². The quantitative estimate of drug-likeness (QED) is 0.831. The van der Waals surface area contributed by atoms with Gasteiger partial charge in [-0.15, -0.1) is 11.3 Å². The van der Waals surface area contributed by atoms with Crippen LogP contribution in [0.25, 0.3) is 0 Å². The van der Waals surface area contributed by atoms with E-state index in [1.54, 1.807) is 0 Å². The summed E-state index contributed by atoms with van der Waals surface area (Å²) in [6.07, 6.45) is 0. The third kappa shape index (κ3) is 4.78. The molecule has 2 nitrogen and oxygen atoms in total. The lowest BCUT2D eigenvalue weighted by molar-refractivity contribution is 0.322. The number of benzene rings is 1. The molecule has 0 aliphatic rings. The lowest BCUT2D eigenvalue weighted by atomic mass is 10.2. The van der Waals surface area contributed by atoms with Crippen LogP contribution in [0.2, 0.25) is 0 Å². The monoisotopic (exact) mass is 274 g/mol. The Morgan fingerprint density at radius 3 is 2.47 bits per heavy atom. The van der Waals surface area contributed by atoms with Gasteiger partial charge >= 0.3 is 0 Å². The van der Waals surface area contributed by atoms with Gasteiger partial charge in [-0.2, -0.15) is 0 Å². The molecule has 0 saturated carbocycles. The zero-order valence-corrected chi connectivity index (χ0v) is 12.5. The highest BCUT2D eigenvalue weighted by atomic mass is 32.1. The first kappa shape index (κ1) is 14.3. The fourth-order valence-electron chi connectivity index (χ4n) is 2.07. The van der Waals surface area contributed by atoms with Crippen LogP contribution >= 0.6 is 11.3 Å². The Morgan fingerprint density at radius 2 is 1.74 bits per heavy atom. The largest absolute Gasteiger partial charge is 0.312 e. The standard InChI is InChI=1S/C16H22N2S/c1-3-17-11-15-9-10-16(19-15)13-18(2)12-14-7-5-4-6-8-14/h4-10,17H,3,11-13H2,1-2H3. The van der Waals surface area contributed by atoms with E-state index in [1.165, 1.54) is 15.3 Å². The summed E-state index contributed by atoms with van der Waals surface area (Å²) in [4.78, 5) is 5.22. The first-order valence-electron chi connectivity index (χ1n) is 6.78. The third-order valence-electron chi connectivity index (χ3n) is 2.99. The molecule has 1 heterocycles. The maximum Gasteiger partial charge on any atom is 0.0328 e. The molecule has 1 aromatic carbocycles. The van der Waals surface area contributed by atoms with Crippen LogP contribution in [0.4, 0.5) is 0 Å². The van der Waals surface area contributed by atoms with Gasteiger partial charge in [0, 0.05) is 29.4 Å². The number of nitrogens with zero attached hydrogens (tertiary/aromatic N) is 1. The fraction of sp³-hybridized carbons (Fsp3) is 0.375. The van der Waals surface area contributed by atoms with Crippen molar-refractivity contribution in [2.24, 2.45) is 0 Å². The van der Waals surface area contributed by atoms with E-state index in [0.717, 1.165) is 26.2 Å². The number of hydrogen-bond acceptors (Lipinski definition) is 3. The molecule has 1 N–H and O–H groups in total. The van der Waals surface area contributed by atoms with Crippen molar-refractivity contribution in [3.8, 4) is 0 Å². The summed E-state index contributed by atoms with van der Waals surface area (Å²) in [5.74, 6) is 0. The molecule has 0 fully saturated rings. The van der Waals surface area contributed by atoms with Crippen LogP contribution in [0.1, 0.15) is 22.2 Å². The van der Waals surface area contributed by atoms with Crippen LogP contribution in [0, 0.1) is 0 Å². The molecule has 102 valence electrons. The summed E-state index contributed by atoms with van der Waals surface area (Å²) >= 11 is 1.91. The number of rotatable bonds is 7. The average Bonchev–Trinajstić information content (AvgIpc) is 2.85. The SMILES string of the molecule is CCNCc1ccc(CN(C)Cc2ccccc2)s1. The summed E-state index contributed by atoms with van der Waals surface area (Å²) < 4.78 is 0. The fourth-order valence-corrected chi connectivity index (χ4v) is 3.14. The predicted octanol–water partition coefficient (Wildman–Crippen LogP) is 3.49. The Bertz CT molecular complexity index is 479. The smallest absolute Gasteiger partial charge is 0.0328 e. The Hall–Kier alpha value is -1.16.